The Morgan fingerprint density at radius 1 is 1.14 bits per heavy atom. The topological polar surface area (TPSA) is 97.4 Å². The zero-order chi connectivity index (χ0) is 20.1. The van der Waals surface area contributed by atoms with Crippen molar-refractivity contribution in [2.45, 2.75) is 13.3 Å². The molecule has 0 atom stereocenters. The van der Waals surface area contributed by atoms with Crippen LogP contribution in [0.1, 0.15) is 23.7 Å². The minimum absolute atomic E-state index is 0.0221. The molecule has 0 aliphatic heterocycles. The third-order valence-corrected chi connectivity index (χ3v) is 5.56. The van der Waals surface area contributed by atoms with Gasteiger partial charge in [-0.05, 0) is 48.9 Å². The first-order valence-electron chi connectivity index (χ1n) is 8.77. The second kappa shape index (κ2) is 8.26. The number of nitrogens with zero attached hydrogens (tertiary/aromatic N) is 1. The number of methoxy groups -OCH3 is 1. The zero-order valence-corrected chi connectivity index (χ0v) is 16.4. The Labute approximate surface area is 163 Å². The predicted octanol–water partition coefficient (Wildman–Crippen LogP) is 3.65. The van der Waals surface area contributed by atoms with E-state index in [2.05, 4.69) is 15.0 Å². The van der Waals surface area contributed by atoms with Gasteiger partial charge >= 0.3 is 0 Å². The second-order valence-corrected chi connectivity index (χ2v) is 8.01. The minimum atomic E-state index is -3.43. The summed E-state index contributed by atoms with van der Waals surface area (Å²) < 4.78 is 31.7. The van der Waals surface area contributed by atoms with Crippen molar-refractivity contribution in [3.63, 3.8) is 0 Å². The fourth-order valence-corrected chi connectivity index (χ4v) is 3.96. The zero-order valence-electron chi connectivity index (χ0n) is 15.6. The molecule has 3 rings (SSSR count). The lowest BCUT2D eigenvalue weighted by molar-refractivity contribution is 0.102. The average molecular weight is 399 g/mol. The Kier molecular flexibility index (Phi) is 5.79. The summed E-state index contributed by atoms with van der Waals surface area (Å²) in [7, 11) is -1.86. The Bertz CT molecular complexity index is 1110. The van der Waals surface area contributed by atoms with E-state index in [0.717, 1.165) is 5.39 Å². The molecule has 0 radical (unpaired) electrons. The Balaban J connectivity index is 1.86. The number of carbonyl (C=O) groups excluding carboxylic acids is 1. The van der Waals surface area contributed by atoms with Crippen LogP contribution in [0.15, 0.2) is 54.7 Å². The molecule has 7 nitrogen and oxygen atoms in total. The molecule has 0 unspecified atom stereocenters. The summed E-state index contributed by atoms with van der Waals surface area (Å²) in [5.74, 6) is 0.279. The van der Waals surface area contributed by atoms with Crippen LogP contribution < -0.4 is 14.8 Å². The van der Waals surface area contributed by atoms with Gasteiger partial charge in [0.15, 0.2) is 0 Å². The van der Waals surface area contributed by atoms with Crippen molar-refractivity contribution < 1.29 is 17.9 Å². The first kappa shape index (κ1) is 19.6. The van der Waals surface area contributed by atoms with E-state index < -0.39 is 10.0 Å². The number of hydrogen-bond acceptors (Lipinski definition) is 5. The second-order valence-electron chi connectivity index (χ2n) is 6.17. The molecule has 0 bridgehead atoms. The molecule has 0 aliphatic rings. The number of amides is 1. The molecule has 146 valence electrons. The van der Waals surface area contributed by atoms with E-state index >= 15 is 0 Å². The summed E-state index contributed by atoms with van der Waals surface area (Å²) >= 11 is 0. The maximum Gasteiger partial charge on any atom is 0.255 e. The van der Waals surface area contributed by atoms with Crippen LogP contribution in [-0.4, -0.2) is 32.2 Å². The number of carbonyl (C=O) groups is 1. The molecule has 3 aromatic rings. The Morgan fingerprint density at radius 3 is 2.71 bits per heavy atom. The van der Waals surface area contributed by atoms with Crippen LogP contribution >= 0.6 is 0 Å². The van der Waals surface area contributed by atoms with E-state index in [9.17, 15) is 13.2 Å². The summed E-state index contributed by atoms with van der Waals surface area (Å²) in [6, 6.07) is 13.5. The molecule has 1 amide bonds. The van der Waals surface area contributed by atoms with Gasteiger partial charge in [-0.25, -0.2) is 8.42 Å². The normalized spacial score (nSPS) is 11.2. The molecule has 2 aromatic carbocycles. The van der Waals surface area contributed by atoms with E-state index in [4.69, 9.17) is 4.74 Å². The molecule has 28 heavy (non-hydrogen) atoms. The van der Waals surface area contributed by atoms with Crippen molar-refractivity contribution in [1.82, 2.24) is 4.98 Å². The SMILES string of the molecule is CCCS(=O)(=O)Nc1cccc(C(=O)Nc2ccc(OC)c3ncccc23)c1. The quantitative estimate of drug-likeness (QED) is 0.632. The van der Waals surface area contributed by atoms with Crippen LogP contribution in [0.5, 0.6) is 5.75 Å². The van der Waals surface area contributed by atoms with Gasteiger partial charge in [0.2, 0.25) is 10.0 Å². The molecular formula is C20H21N3O4S. The molecule has 8 heteroatoms. The largest absolute Gasteiger partial charge is 0.494 e. The van der Waals surface area contributed by atoms with Gasteiger partial charge in [0, 0.05) is 22.8 Å². The maximum absolute atomic E-state index is 12.7. The van der Waals surface area contributed by atoms with E-state index in [1.165, 1.54) is 6.07 Å². The number of sulfonamides is 1. The number of ether oxygens (including phenoxy) is 1. The lowest BCUT2D eigenvalue weighted by Crippen LogP contribution is -2.17. The van der Waals surface area contributed by atoms with E-state index in [1.54, 1.807) is 56.6 Å². The molecule has 0 saturated heterocycles. The van der Waals surface area contributed by atoms with E-state index in [-0.39, 0.29) is 11.7 Å². The van der Waals surface area contributed by atoms with Crippen molar-refractivity contribution in [3.05, 3.63) is 60.3 Å². The monoisotopic (exact) mass is 399 g/mol. The Morgan fingerprint density at radius 2 is 1.96 bits per heavy atom. The number of aromatic nitrogens is 1. The number of benzene rings is 2. The van der Waals surface area contributed by atoms with E-state index in [1.807, 2.05) is 6.07 Å². The number of hydrogen-bond donors (Lipinski definition) is 2. The highest BCUT2D eigenvalue weighted by molar-refractivity contribution is 7.92. The van der Waals surface area contributed by atoms with Crippen LogP contribution in [0, 0.1) is 0 Å². The van der Waals surface area contributed by atoms with Gasteiger partial charge in [-0.3, -0.25) is 14.5 Å². The summed E-state index contributed by atoms with van der Waals surface area (Å²) in [4.78, 5) is 17.0. The summed E-state index contributed by atoms with van der Waals surface area (Å²) in [5.41, 5.74) is 1.92. The highest BCUT2D eigenvalue weighted by Gasteiger charge is 2.13. The van der Waals surface area contributed by atoms with Gasteiger partial charge in [-0.2, -0.15) is 0 Å². The maximum atomic E-state index is 12.7. The third kappa shape index (κ3) is 4.40. The number of fused-ring (bicyclic) bond motifs is 1. The molecule has 0 aliphatic carbocycles. The number of nitrogens with one attached hydrogen (secondary N) is 2. The number of anilines is 2. The minimum Gasteiger partial charge on any atom is -0.494 e. The van der Waals surface area contributed by atoms with Crippen molar-refractivity contribution in [2.75, 3.05) is 22.9 Å². The fraction of sp³-hybridized carbons (Fsp3) is 0.200. The van der Waals surface area contributed by atoms with Crippen molar-refractivity contribution >= 4 is 38.2 Å². The van der Waals surface area contributed by atoms with Gasteiger partial charge in [0.25, 0.3) is 5.91 Å². The molecule has 0 saturated carbocycles. The van der Waals surface area contributed by atoms with E-state index in [0.29, 0.717) is 34.6 Å². The first-order valence-corrected chi connectivity index (χ1v) is 10.4. The lowest BCUT2D eigenvalue weighted by atomic mass is 10.1. The van der Waals surface area contributed by atoms with Crippen molar-refractivity contribution in [3.8, 4) is 5.75 Å². The van der Waals surface area contributed by atoms with Crippen LogP contribution in [0.3, 0.4) is 0 Å². The van der Waals surface area contributed by atoms with Gasteiger partial charge in [-0.1, -0.05) is 13.0 Å². The lowest BCUT2D eigenvalue weighted by Gasteiger charge is -2.12. The predicted molar refractivity (Wildman–Crippen MR) is 110 cm³/mol. The Hall–Kier alpha value is -3.13. The van der Waals surface area contributed by atoms with Gasteiger partial charge in [0.1, 0.15) is 11.3 Å². The van der Waals surface area contributed by atoms with Crippen LogP contribution in [0.2, 0.25) is 0 Å². The van der Waals surface area contributed by atoms with Crippen LogP contribution in [0.4, 0.5) is 11.4 Å². The number of pyridine rings is 1. The third-order valence-electron chi connectivity index (χ3n) is 4.07. The van der Waals surface area contributed by atoms with Gasteiger partial charge in [-0.15, -0.1) is 0 Å². The summed E-state index contributed by atoms with van der Waals surface area (Å²) in [5, 5.41) is 3.60. The highest BCUT2D eigenvalue weighted by Crippen LogP contribution is 2.30. The van der Waals surface area contributed by atoms with Crippen LogP contribution in [0.25, 0.3) is 10.9 Å². The number of rotatable bonds is 7. The molecular weight excluding hydrogens is 378 g/mol. The van der Waals surface area contributed by atoms with Crippen molar-refractivity contribution in [1.29, 1.82) is 0 Å². The fourth-order valence-electron chi connectivity index (χ4n) is 2.84. The van der Waals surface area contributed by atoms with Crippen LogP contribution in [-0.2, 0) is 10.0 Å². The smallest absolute Gasteiger partial charge is 0.255 e. The molecule has 1 heterocycles. The molecule has 2 N–H and O–H groups in total. The van der Waals surface area contributed by atoms with Gasteiger partial charge in [0.05, 0.1) is 18.6 Å². The summed E-state index contributed by atoms with van der Waals surface area (Å²) in [6.45, 7) is 1.79. The van der Waals surface area contributed by atoms with Crippen molar-refractivity contribution in [2.24, 2.45) is 0 Å². The summed E-state index contributed by atoms with van der Waals surface area (Å²) in [6.07, 6.45) is 2.16. The first-order chi connectivity index (χ1) is 13.4. The molecule has 1 aromatic heterocycles. The highest BCUT2D eigenvalue weighted by atomic mass is 32.2. The average Bonchev–Trinajstić information content (AvgIpc) is 2.68. The molecule has 0 spiro atoms. The molecule has 0 fully saturated rings. The van der Waals surface area contributed by atoms with Gasteiger partial charge < -0.3 is 10.1 Å². The standard InChI is InChI=1S/C20H21N3O4S/c1-3-12-28(25,26)23-15-7-4-6-14(13-15)20(24)22-17-9-10-18(27-2)19-16(17)8-5-11-21-19/h4-11,13,23H,3,12H2,1-2H3,(H,22,24).